The lowest BCUT2D eigenvalue weighted by Gasteiger charge is -2.21. The molecule has 1 heterocycles. The van der Waals surface area contributed by atoms with Gasteiger partial charge < -0.3 is 4.90 Å². The van der Waals surface area contributed by atoms with Crippen LogP contribution in [0.1, 0.15) is 37.6 Å². The molecule has 1 aromatic heterocycles. The molecule has 1 saturated carbocycles. The molecule has 0 spiro atoms. The molecular formula is C13H20ClN3. The smallest absolute Gasteiger partial charge is 0.137 e. The van der Waals surface area contributed by atoms with E-state index < -0.39 is 0 Å². The van der Waals surface area contributed by atoms with Crippen LogP contribution in [0, 0.1) is 12.8 Å². The van der Waals surface area contributed by atoms with Crippen LogP contribution in [0.25, 0.3) is 0 Å². The summed E-state index contributed by atoms with van der Waals surface area (Å²) in [6.07, 6.45) is 4.89. The van der Waals surface area contributed by atoms with Crippen LogP contribution in [-0.2, 0) is 6.42 Å². The van der Waals surface area contributed by atoms with Crippen LogP contribution in [0.15, 0.2) is 0 Å². The summed E-state index contributed by atoms with van der Waals surface area (Å²) in [5, 5.41) is 0.588. The summed E-state index contributed by atoms with van der Waals surface area (Å²) in [5.74, 6) is 2.76. The van der Waals surface area contributed by atoms with Gasteiger partial charge in [0.2, 0.25) is 0 Å². The van der Waals surface area contributed by atoms with Crippen LogP contribution in [0.4, 0.5) is 5.82 Å². The van der Waals surface area contributed by atoms with Gasteiger partial charge in [0, 0.05) is 25.6 Å². The van der Waals surface area contributed by atoms with Crippen LogP contribution >= 0.6 is 11.6 Å². The van der Waals surface area contributed by atoms with Crippen molar-refractivity contribution in [3.05, 3.63) is 16.5 Å². The SMILES string of the molecule is CCc1nc(Cl)c(C)c(N(C)CCC2CC2)n1. The minimum Gasteiger partial charge on any atom is -0.359 e. The zero-order valence-electron chi connectivity index (χ0n) is 10.8. The number of hydrogen-bond acceptors (Lipinski definition) is 3. The van der Waals surface area contributed by atoms with E-state index in [-0.39, 0.29) is 0 Å². The molecule has 94 valence electrons. The lowest BCUT2D eigenvalue weighted by atomic mass is 10.2. The zero-order valence-corrected chi connectivity index (χ0v) is 11.6. The number of halogens is 1. The van der Waals surface area contributed by atoms with Crippen LogP contribution in [0.3, 0.4) is 0 Å². The van der Waals surface area contributed by atoms with Gasteiger partial charge >= 0.3 is 0 Å². The number of hydrogen-bond donors (Lipinski definition) is 0. The maximum absolute atomic E-state index is 6.14. The highest BCUT2D eigenvalue weighted by Gasteiger charge is 2.22. The van der Waals surface area contributed by atoms with Gasteiger partial charge in [-0.3, -0.25) is 0 Å². The molecule has 0 N–H and O–H groups in total. The maximum atomic E-state index is 6.14. The Bertz CT molecular complexity index is 402. The highest BCUT2D eigenvalue weighted by atomic mass is 35.5. The highest BCUT2D eigenvalue weighted by Crippen LogP contribution is 2.33. The molecule has 2 rings (SSSR count). The molecule has 1 aromatic rings. The second kappa shape index (κ2) is 5.21. The van der Waals surface area contributed by atoms with E-state index in [1.165, 1.54) is 19.3 Å². The van der Waals surface area contributed by atoms with Gasteiger partial charge in [-0.1, -0.05) is 31.4 Å². The van der Waals surface area contributed by atoms with Crippen molar-refractivity contribution in [1.82, 2.24) is 9.97 Å². The first-order valence-corrected chi connectivity index (χ1v) is 6.73. The van der Waals surface area contributed by atoms with E-state index in [1.54, 1.807) is 0 Å². The van der Waals surface area contributed by atoms with E-state index in [0.29, 0.717) is 5.15 Å². The van der Waals surface area contributed by atoms with Crippen LogP contribution in [0.5, 0.6) is 0 Å². The molecule has 1 fully saturated rings. The van der Waals surface area contributed by atoms with Crippen molar-refractivity contribution < 1.29 is 0 Å². The predicted octanol–water partition coefficient (Wildman–Crippen LogP) is 3.24. The first-order chi connectivity index (χ1) is 8.11. The predicted molar refractivity (Wildman–Crippen MR) is 71.8 cm³/mol. The van der Waals surface area contributed by atoms with Crippen molar-refractivity contribution in [1.29, 1.82) is 0 Å². The largest absolute Gasteiger partial charge is 0.359 e. The summed E-state index contributed by atoms with van der Waals surface area (Å²) in [5.41, 5.74) is 0.988. The highest BCUT2D eigenvalue weighted by molar-refractivity contribution is 6.30. The molecule has 17 heavy (non-hydrogen) atoms. The normalized spacial score (nSPS) is 15.1. The van der Waals surface area contributed by atoms with Gasteiger partial charge in [-0.25, -0.2) is 9.97 Å². The van der Waals surface area contributed by atoms with Crippen LogP contribution < -0.4 is 4.90 Å². The molecule has 1 aliphatic carbocycles. The minimum absolute atomic E-state index is 0.588. The van der Waals surface area contributed by atoms with Gasteiger partial charge in [0.15, 0.2) is 0 Å². The standard InChI is InChI=1S/C13H20ClN3/c1-4-11-15-12(14)9(2)13(16-11)17(3)8-7-10-5-6-10/h10H,4-8H2,1-3H3. The molecule has 1 aliphatic rings. The minimum atomic E-state index is 0.588. The lowest BCUT2D eigenvalue weighted by molar-refractivity contribution is 0.702. The van der Waals surface area contributed by atoms with Crippen LogP contribution in [-0.4, -0.2) is 23.6 Å². The fourth-order valence-electron chi connectivity index (χ4n) is 1.94. The molecule has 0 unspecified atom stereocenters. The second-order valence-corrected chi connectivity index (χ2v) is 5.24. The third kappa shape index (κ3) is 3.09. The Morgan fingerprint density at radius 3 is 2.65 bits per heavy atom. The molecule has 3 nitrogen and oxygen atoms in total. The van der Waals surface area contributed by atoms with E-state index in [9.17, 15) is 0 Å². The van der Waals surface area contributed by atoms with Crippen molar-refractivity contribution in [3.63, 3.8) is 0 Å². The number of aryl methyl sites for hydroxylation is 1. The fraction of sp³-hybridized carbons (Fsp3) is 0.692. The van der Waals surface area contributed by atoms with Gasteiger partial charge in [0.1, 0.15) is 16.8 Å². The Morgan fingerprint density at radius 2 is 2.06 bits per heavy atom. The van der Waals surface area contributed by atoms with E-state index in [2.05, 4.69) is 28.8 Å². The molecule has 0 aliphatic heterocycles. The molecule has 0 bridgehead atoms. The van der Waals surface area contributed by atoms with Crippen molar-refractivity contribution in [2.24, 2.45) is 5.92 Å². The molecule has 4 heteroatoms. The first-order valence-electron chi connectivity index (χ1n) is 6.36. The zero-order chi connectivity index (χ0) is 12.4. The lowest BCUT2D eigenvalue weighted by Crippen LogP contribution is -2.22. The fourth-order valence-corrected chi connectivity index (χ4v) is 2.12. The second-order valence-electron chi connectivity index (χ2n) is 4.89. The van der Waals surface area contributed by atoms with Crippen molar-refractivity contribution in [3.8, 4) is 0 Å². The monoisotopic (exact) mass is 253 g/mol. The van der Waals surface area contributed by atoms with Crippen molar-refractivity contribution in [2.45, 2.75) is 39.5 Å². The summed E-state index contributed by atoms with van der Waals surface area (Å²) < 4.78 is 0. The molecule has 0 saturated heterocycles. The number of anilines is 1. The molecular weight excluding hydrogens is 234 g/mol. The molecule has 0 amide bonds. The molecule has 0 atom stereocenters. The van der Waals surface area contributed by atoms with Gasteiger partial charge in [-0.05, 0) is 19.3 Å². The average molecular weight is 254 g/mol. The van der Waals surface area contributed by atoms with E-state index >= 15 is 0 Å². The Morgan fingerprint density at radius 1 is 1.35 bits per heavy atom. The summed E-state index contributed by atoms with van der Waals surface area (Å²) in [6.45, 7) is 5.10. The third-order valence-electron chi connectivity index (χ3n) is 3.35. The van der Waals surface area contributed by atoms with Gasteiger partial charge in [0.05, 0.1) is 0 Å². The van der Waals surface area contributed by atoms with E-state index in [4.69, 9.17) is 11.6 Å². The van der Waals surface area contributed by atoms with E-state index in [1.807, 2.05) is 6.92 Å². The average Bonchev–Trinajstić information content (AvgIpc) is 3.13. The number of nitrogens with zero attached hydrogens (tertiary/aromatic N) is 3. The Kier molecular flexibility index (Phi) is 3.87. The quantitative estimate of drug-likeness (QED) is 0.755. The third-order valence-corrected chi connectivity index (χ3v) is 3.72. The Hall–Kier alpha value is -0.830. The Labute approximate surface area is 108 Å². The summed E-state index contributed by atoms with van der Waals surface area (Å²) in [7, 11) is 2.09. The summed E-state index contributed by atoms with van der Waals surface area (Å²) >= 11 is 6.14. The number of aromatic nitrogens is 2. The van der Waals surface area contributed by atoms with Crippen molar-refractivity contribution in [2.75, 3.05) is 18.5 Å². The molecule has 0 radical (unpaired) electrons. The Balaban J connectivity index is 2.13. The van der Waals surface area contributed by atoms with Crippen LogP contribution in [0.2, 0.25) is 5.15 Å². The first kappa shape index (κ1) is 12.6. The maximum Gasteiger partial charge on any atom is 0.137 e. The van der Waals surface area contributed by atoms with E-state index in [0.717, 1.165) is 36.1 Å². The number of rotatable bonds is 5. The topological polar surface area (TPSA) is 29.0 Å². The van der Waals surface area contributed by atoms with Gasteiger partial charge in [-0.2, -0.15) is 0 Å². The molecule has 0 aromatic carbocycles. The summed E-state index contributed by atoms with van der Waals surface area (Å²) in [4.78, 5) is 11.1. The van der Waals surface area contributed by atoms with Crippen molar-refractivity contribution >= 4 is 17.4 Å². The van der Waals surface area contributed by atoms with Gasteiger partial charge in [0.25, 0.3) is 0 Å². The van der Waals surface area contributed by atoms with Gasteiger partial charge in [-0.15, -0.1) is 0 Å². The summed E-state index contributed by atoms with van der Waals surface area (Å²) in [6, 6.07) is 0.